The number of alkyl halides is 3. The number of halogens is 3. The standard InChI is InChI=1S/C19H29F3S/c1-2-3-4-5-6-7-8-9-10-11-15-23-18-14-12-13-17(16-18)19(20,21)22/h12-14,16H,2-11,15H2,1H3. The van der Waals surface area contributed by atoms with Crippen LogP contribution in [0.4, 0.5) is 13.2 Å². The minimum atomic E-state index is -4.24. The highest BCUT2D eigenvalue weighted by molar-refractivity contribution is 7.99. The predicted molar refractivity (Wildman–Crippen MR) is 94.0 cm³/mol. The molecule has 0 nitrogen and oxygen atoms in total. The van der Waals surface area contributed by atoms with Crippen LogP contribution in [0.25, 0.3) is 0 Å². The number of rotatable bonds is 12. The first-order valence-corrected chi connectivity index (χ1v) is 9.82. The molecule has 0 aromatic heterocycles. The van der Waals surface area contributed by atoms with Gasteiger partial charge in [-0.2, -0.15) is 13.2 Å². The average Bonchev–Trinajstić information content (AvgIpc) is 2.52. The van der Waals surface area contributed by atoms with E-state index >= 15 is 0 Å². The van der Waals surface area contributed by atoms with Gasteiger partial charge in [-0.25, -0.2) is 0 Å². The molecular weight excluding hydrogens is 317 g/mol. The molecule has 0 fully saturated rings. The summed E-state index contributed by atoms with van der Waals surface area (Å²) in [5.74, 6) is 0.901. The van der Waals surface area contributed by atoms with Crippen molar-refractivity contribution in [3.63, 3.8) is 0 Å². The highest BCUT2D eigenvalue weighted by atomic mass is 32.2. The van der Waals surface area contributed by atoms with Crippen LogP contribution in [0.3, 0.4) is 0 Å². The molecule has 0 aliphatic heterocycles. The lowest BCUT2D eigenvalue weighted by Gasteiger charge is -2.08. The molecule has 0 saturated heterocycles. The lowest BCUT2D eigenvalue weighted by atomic mass is 10.1. The molecule has 0 aliphatic carbocycles. The Labute approximate surface area is 143 Å². The van der Waals surface area contributed by atoms with Gasteiger partial charge in [0.2, 0.25) is 0 Å². The minimum Gasteiger partial charge on any atom is -0.166 e. The van der Waals surface area contributed by atoms with Crippen molar-refractivity contribution < 1.29 is 13.2 Å². The summed E-state index contributed by atoms with van der Waals surface area (Å²) in [7, 11) is 0. The second kappa shape index (κ2) is 11.8. The van der Waals surface area contributed by atoms with Gasteiger partial charge < -0.3 is 0 Å². The summed E-state index contributed by atoms with van der Waals surface area (Å²) in [4.78, 5) is 0.718. The topological polar surface area (TPSA) is 0 Å². The summed E-state index contributed by atoms with van der Waals surface area (Å²) in [6.45, 7) is 2.23. The SMILES string of the molecule is CCCCCCCCCCCCSc1cccc(C(F)(F)F)c1. The van der Waals surface area contributed by atoms with Gasteiger partial charge in [0, 0.05) is 4.90 Å². The van der Waals surface area contributed by atoms with Gasteiger partial charge in [-0.05, 0) is 30.4 Å². The van der Waals surface area contributed by atoms with Crippen molar-refractivity contribution in [2.24, 2.45) is 0 Å². The quantitative estimate of drug-likeness (QED) is 0.276. The molecule has 0 spiro atoms. The summed E-state index contributed by atoms with van der Waals surface area (Å²) >= 11 is 1.53. The van der Waals surface area contributed by atoms with Crippen molar-refractivity contribution in [3.05, 3.63) is 29.8 Å². The van der Waals surface area contributed by atoms with Crippen molar-refractivity contribution in [1.29, 1.82) is 0 Å². The highest BCUT2D eigenvalue weighted by Crippen LogP contribution is 2.32. The van der Waals surface area contributed by atoms with Crippen molar-refractivity contribution in [2.45, 2.75) is 82.2 Å². The molecule has 0 saturated carbocycles. The van der Waals surface area contributed by atoms with E-state index in [1.54, 1.807) is 6.07 Å². The van der Waals surface area contributed by atoms with Crippen LogP contribution in [0.2, 0.25) is 0 Å². The third kappa shape index (κ3) is 9.95. The lowest BCUT2D eigenvalue weighted by Crippen LogP contribution is -2.04. The molecule has 0 bridgehead atoms. The molecule has 1 aromatic rings. The van der Waals surface area contributed by atoms with Gasteiger partial charge >= 0.3 is 6.18 Å². The lowest BCUT2D eigenvalue weighted by molar-refractivity contribution is -0.137. The molecule has 23 heavy (non-hydrogen) atoms. The fourth-order valence-electron chi connectivity index (χ4n) is 2.54. The van der Waals surface area contributed by atoms with E-state index in [2.05, 4.69) is 6.92 Å². The zero-order valence-electron chi connectivity index (χ0n) is 14.1. The average molecular weight is 347 g/mol. The second-order valence-corrected chi connectivity index (χ2v) is 7.22. The predicted octanol–water partition coefficient (Wildman–Crippen LogP) is 7.72. The van der Waals surface area contributed by atoms with Crippen LogP contribution in [0.15, 0.2) is 29.2 Å². The Morgan fingerprint density at radius 1 is 0.826 bits per heavy atom. The minimum absolute atomic E-state index is 0.550. The molecule has 1 aromatic carbocycles. The van der Waals surface area contributed by atoms with Crippen LogP contribution in [0.5, 0.6) is 0 Å². The molecule has 0 atom stereocenters. The molecule has 1 rings (SSSR count). The number of benzene rings is 1. The third-order valence-electron chi connectivity index (χ3n) is 3.93. The summed E-state index contributed by atoms with van der Waals surface area (Å²) < 4.78 is 37.9. The molecule has 4 heteroatoms. The van der Waals surface area contributed by atoms with Gasteiger partial charge in [0.1, 0.15) is 0 Å². The molecule has 0 heterocycles. The third-order valence-corrected chi connectivity index (χ3v) is 5.01. The van der Waals surface area contributed by atoms with Gasteiger partial charge in [-0.15, -0.1) is 11.8 Å². The Morgan fingerprint density at radius 2 is 1.39 bits per heavy atom. The summed E-state index contributed by atoms with van der Waals surface area (Å²) in [5.41, 5.74) is -0.550. The molecule has 0 N–H and O–H groups in total. The highest BCUT2D eigenvalue weighted by Gasteiger charge is 2.30. The summed E-state index contributed by atoms with van der Waals surface area (Å²) in [6.07, 6.45) is 8.60. The van der Waals surface area contributed by atoms with E-state index in [-0.39, 0.29) is 0 Å². The first-order valence-electron chi connectivity index (χ1n) is 8.84. The Hall–Kier alpha value is -0.640. The number of thioether (sulfide) groups is 1. The van der Waals surface area contributed by atoms with E-state index in [1.807, 2.05) is 0 Å². The molecular formula is C19H29F3S. The molecule has 0 radical (unpaired) electrons. The van der Waals surface area contributed by atoms with E-state index in [0.717, 1.165) is 23.1 Å². The number of unbranched alkanes of at least 4 members (excludes halogenated alkanes) is 9. The maximum atomic E-state index is 12.6. The molecule has 0 aliphatic rings. The van der Waals surface area contributed by atoms with Crippen molar-refractivity contribution in [3.8, 4) is 0 Å². The monoisotopic (exact) mass is 346 g/mol. The molecule has 0 unspecified atom stereocenters. The van der Waals surface area contributed by atoms with Crippen molar-refractivity contribution >= 4 is 11.8 Å². The van der Waals surface area contributed by atoms with Gasteiger partial charge in [0.05, 0.1) is 5.56 Å². The maximum Gasteiger partial charge on any atom is 0.416 e. The second-order valence-electron chi connectivity index (χ2n) is 6.06. The summed E-state index contributed by atoms with van der Waals surface area (Å²) in [5, 5.41) is 0. The first-order chi connectivity index (χ1) is 11.0. The van der Waals surface area contributed by atoms with Crippen LogP contribution >= 0.6 is 11.8 Å². The fourth-order valence-corrected chi connectivity index (χ4v) is 3.51. The normalized spacial score (nSPS) is 11.8. The van der Waals surface area contributed by atoms with Crippen LogP contribution in [0, 0.1) is 0 Å². The number of hydrogen-bond acceptors (Lipinski definition) is 1. The van der Waals surface area contributed by atoms with Crippen LogP contribution in [-0.4, -0.2) is 5.75 Å². The van der Waals surface area contributed by atoms with Crippen LogP contribution < -0.4 is 0 Å². The van der Waals surface area contributed by atoms with Gasteiger partial charge in [-0.1, -0.05) is 70.8 Å². The Morgan fingerprint density at radius 3 is 1.96 bits per heavy atom. The van der Waals surface area contributed by atoms with Gasteiger partial charge in [-0.3, -0.25) is 0 Å². The largest absolute Gasteiger partial charge is 0.416 e. The molecule has 132 valence electrons. The zero-order valence-corrected chi connectivity index (χ0v) is 14.9. The van der Waals surface area contributed by atoms with Crippen molar-refractivity contribution in [2.75, 3.05) is 5.75 Å². The van der Waals surface area contributed by atoms with Gasteiger partial charge in [0.25, 0.3) is 0 Å². The summed E-state index contributed by atoms with van der Waals surface area (Å²) in [6, 6.07) is 5.63. The van der Waals surface area contributed by atoms with E-state index < -0.39 is 11.7 Å². The van der Waals surface area contributed by atoms with E-state index in [9.17, 15) is 13.2 Å². The Kier molecular flexibility index (Phi) is 10.5. The fraction of sp³-hybridized carbons (Fsp3) is 0.684. The van der Waals surface area contributed by atoms with Crippen LogP contribution in [0.1, 0.15) is 76.7 Å². The number of hydrogen-bond donors (Lipinski definition) is 0. The zero-order chi connectivity index (χ0) is 17.0. The van der Waals surface area contributed by atoms with Gasteiger partial charge in [0.15, 0.2) is 0 Å². The Bertz CT molecular complexity index is 415. The van der Waals surface area contributed by atoms with E-state index in [4.69, 9.17) is 0 Å². The van der Waals surface area contributed by atoms with E-state index in [0.29, 0.717) is 0 Å². The molecule has 0 amide bonds. The van der Waals surface area contributed by atoms with Crippen molar-refractivity contribution in [1.82, 2.24) is 0 Å². The van der Waals surface area contributed by atoms with Crippen LogP contribution in [-0.2, 0) is 6.18 Å². The first kappa shape index (κ1) is 20.4. The maximum absolute atomic E-state index is 12.6. The smallest absolute Gasteiger partial charge is 0.166 e. The van der Waals surface area contributed by atoms with E-state index in [1.165, 1.54) is 81.7 Å². The Balaban J connectivity index is 2.03.